The molecule has 0 aliphatic rings. The minimum Gasteiger partial charge on any atom is -0.484 e. The van der Waals surface area contributed by atoms with Gasteiger partial charge in [0, 0.05) is 13.0 Å². The van der Waals surface area contributed by atoms with Gasteiger partial charge in [0.15, 0.2) is 6.61 Å². The summed E-state index contributed by atoms with van der Waals surface area (Å²) in [6.07, 6.45) is 1.38. The van der Waals surface area contributed by atoms with E-state index in [-0.39, 0.29) is 13.2 Å². The number of nitrogens with zero attached hydrogens (tertiary/aromatic N) is 2. The molecule has 1 heterocycles. The number of hydrogen-bond acceptors (Lipinski definition) is 5. The summed E-state index contributed by atoms with van der Waals surface area (Å²) in [6, 6.07) is 7.58. The Bertz CT molecular complexity index is 479. The third-order valence-corrected chi connectivity index (χ3v) is 2.50. The molecule has 5 nitrogen and oxygen atoms in total. The Balaban J connectivity index is 1.89. The van der Waals surface area contributed by atoms with E-state index < -0.39 is 0 Å². The molecule has 0 aliphatic heterocycles. The predicted octanol–water partition coefficient (Wildman–Crippen LogP) is 1.75. The zero-order valence-corrected chi connectivity index (χ0v) is 10.3. The van der Waals surface area contributed by atoms with Crippen molar-refractivity contribution in [2.45, 2.75) is 26.4 Å². The van der Waals surface area contributed by atoms with Gasteiger partial charge >= 0.3 is 0 Å². The Labute approximate surface area is 105 Å². The Hall–Kier alpha value is -1.88. The molecule has 1 aromatic heterocycles. The summed E-state index contributed by atoms with van der Waals surface area (Å²) in [7, 11) is 0. The molecule has 96 valence electrons. The van der Waals surface area contributed by atoms with E-state index in [0.29, 0.717) is 18.2 Å². The second-order valence-corrected chi connectivity index (χ2v) is 3.85. The van der Waals surface area contributed by atoms with Gasteiger partial charge in [0.05, 0.1) is 0 Å². The summed E-state index contributed by atoms with van der Waals surface area (Å²) < 4.78 is 10.9. The van der Waals surface area contributed by atoms with Crippen LogP contribution in [0.2, 0.25) is 0 Å². The molecule has 0 spiro atoms. The van der Waals surface area contributed by atoms with Crippen LogP contribution in [0.5, 0.6) is 5.75 Å². The third-order valence-electron chi connectivity index (χ3n) is 2.50. The fraction of sp³-hybridized carbons (Fsp3) is 0.385. The Morgan fingerprint density at radius 2 is 1.89 bits per heavy atom. The van der Waals surface area contributed by atoms with Gasteiger partial charge in [0.1, 0.15) is 5.75 Å². The minimum atomic E-state index is 0.155. The van der Waals surface area contributed by atoms with Crippen LogP contribution in [0.25, 0.3) is 0 Å². The van der Waals surface area contributed by atoms with Gasteiger partial charge in [-0.3, -0.25) is 0 Å². The van der Waals surface area contributed by atoms with Crippen molar-refractivity contribution < 1.29 is 14.3 Å². The summed E-state index contributed by atoms with van der Waals surface area (Å²) in [6.45, 7) is 2.38. The maximum absolute atomic E-state index is 8.81. The largest absolute Gasteiger partial charge is 0.484 e. The van der Waals surface area contributed by atoms with Crippen molar-refractivity contribution in [3.05, 3.63) is 41.6 Å². The highest BCUT2D eigenvalue weighted by molar-refractivity contribution is 5.27. The summed E-state index contributed by atoms with van der Waals surface area (Å²) in [5, 5.41) is 16.5. The summed E-state index contributed by atoms with van der Waals surface area (Å²) in [5.74, 6) is 1.84. The van der Waals surface area contributed by atoms with Crippen LogP contribution in [-0.4, -0.2) is 21.9 Å². The lowest BCUT2D eigenvalue weighted by Gasteiger charge is -2.04. The molecule has 2 rings (SSSR count). The van der Waals surface area contributed by atoms with Crippen LogP contribution in [0, 0.1) is 0 Å². The molecule has 2 aromatic rings. The number of aliphatic hydroxyl groups excluding tert-OH is 1. The molecule has 0 atom stereocenters. The van der Waals surface area contributed by atoms with Gasteiger partial charge in [0.2, 0.25) is 5.89 Å². The molecular weight excluding hydrogens is 232 g/mol. The van der Waals surface area contributed by atoms with E-state index in [2.05, 4.69) is 10.2 Å². The lowest BCUT2D eigenvalue weighted by Crippen LogP contribution is -1.96. The van der Waals surface area contributed by atoms with Crippen LogP contribution >= 0.6 is 0 Å². The predicted molar refractivity (Wildman–Crippen MR) is 65.2 cm³/mol. The number of aromatic nitrogens is 2. The number of aliphatic hydroxyl groups is 1. The molecule has 1 aromatic carbocycles. The van der Waals surface area contributed by atoms with Crippen molar-refractivity contribution in [1.29, 1.82) is 0 Å². The average Bonchev–Trinajstić information content (AvgIpc) is 2.86. The number of ether oxygens (including phenoxy) is 1. The summed E-state index contributed by atoms with van der Waals surface area (Å²) in [4.78, 5) is 0. The molecule has 0 saturated heterocycles. The first-order chi connectivity index (χ1) is 8.81. The van der Waals surface area contributed by atoms with Crippen LogP contribution in [-0.2, 0) is 19.4 Å². The molecule has 18 heavy (non-hydrogen) atoms. The van der Waals surface area contributed by atoms with Crippen molar-refractivity contribution in [3.63, 3.8) is 0 Å². The number of benzene rings is 1. The molecular formula is C13H16N2O3. The van der Waals surface area contributed by atoms with Crippen LogP contribution in [0.3, 0.4) is 0 Å². The van der Waals surface area contributed by atoms with E-state index >= 15 is 0 Å². The monoisotopic (exact) mass is 248 g/mol. The molecule has 0 amide bonds. The first-order valence-corrected chi connectivity index (χ1v) is 5.95. The van der Waals surface area contributed by atoms with E-state index in [4.69, 9.17) is 14.3 Å². The second kappa shape index (κ2) is 6.16. The molecule has 5 heteroatoms. The first-order valence-electron chi connectivity index (χ1n) is 5.95. The van der Waals surface area contributed by atoms with Gasteiger partial charge in [-0.05, 0) is 24.1 Å². The van der Waals surface area contributed by atoms with Gasteiger partial charge < -0.3 is 14.3 Å². The fourth-order valence-corrected chi connectivity index (χ4v) is 1.52. The van der Waals surface area contributed by atoms with E-state index in [1.165, 1.54) is 0 Å². The lowest BCUT2D eigenvalue weighted by molar-refractivity contribution is 0.259. The molecule has 0 unspecified atom stereocenters. The third kappa shape index (κ3) is 3.30. The van der Waals surface area contributed by atoms with Crippen LogP contribution in [0.1, 0.15) is 24.3 Å². The Morgan fingerprint density at radius 1 is 1.17 bits per heavy atom. The highest BCUT2D eigenvalue weighted by Crippen LogP contribution is 2.14. The zero-order valence-electron chi connectivity index (χ0n) is 10.3. The highest BCUT2D eigenvalue weighted by atomic mass is 16.5. The van der Waals surface area contributed by atoms with Gasteiger partial charge in [-0.2, -0.15) is 0 Å². The van der Waals surface area contributed by atoms with E-state index in [1.54, 1.807) is 0 Å². The fourth-order valence-electron chi connectivity index (χ4n) is 1.52. The number of rotatable bonds is 6. The highest BCUT2D eigenvalue weighted by Gasteiger charge is 2.04. The normalized spacial score (nSPS) is 10.6. The Morgan fingerprint density at radius 3 is 2.50 bits per heavy atom. The molecule has 0 saturated carbocycles. The smallest absolute Gasteiger partial charge is 0.253 e. The van der Waals surface area contributed by atoms with Crippen LogP contribution < -0.4 is 4.74 Å². The van der Waals surface area contributed by atoms with Crippen molar-refractivity contribution in [2.24, 2.45) is 0 Å². The van der Waals surface area contributed by atoms with Gasteiger partial charge in [-0.15, -0.1) is 10.2 Å². The standard InChI is InChI=1S/C13H16N2O3/c1-2-12-14-15-13(18-12)9-17-11-5-3-10(4-6-11)7-8-16/h3-6,16H,2,7-9H2,1H3. The number of aryl methyl sites for hydroxylation is 1. The van der Waals surface area contributed by atoms with Crippen molar-refractivity contribution in [2.75, 3.05) is 6.61 Å². The molecule has 0 aliphatic carbocycles. The first kappa shape index (κ1) is 12.6. The van der Waals surface area contributed by atoms with E-state index in [1.807, 2.05) is 31.2 Å². The SMILES string of the molecule is CCc1nnc(COc2ccc(CCO)cc2)o1. The lowest BCUT2D eigenvalue weighted by atomic mass is 10.1. The molecule has 0 fully saturated rings. The van der Waals surface area contributed by atoms with Gasteiger partial charge in [-0.25, -0.2) is 0 Å². The van der Waals surface area contributed by atoms with Crippen molar-refractivity contribution in [1.82, 2.24) is 10.2 Å². The van der Waals surface area contributed by atoms with E-state index in [0.717, 1.165) is 17.7 Å². The maximum atomic E-state index is 8.81. The number of hydrogen-bond donors (Lipinski definition) is 1. The van der Waals surface area contributed by atoms with E-state index in [9.17, 15) is 0 Å². The topological polar surface area (TPSA) is 68.4 Å². The minimum absolute atomic E-state index is 0.155. The summed E-state index contributed by atoms with van der Waals surface area (Å²) in [5.41, 5.74) is 1.08. The van der Waals surface area contributed by atoms with Gasteiger partial charge in [0.25, 0.3) is 5.89 Å². The summed E-state index contributed by atoms with van der Waals surface area (Å²) >= 11 is 0. The quantitative estimate of drug-likeness (QED) is 0.843. The zero-order chi connectivity index (χ0) is 12.8. The molecule has 1 N–H and O–H groups in total. The molecule has 0 radical (unpaired) electrons. The van der Waals surface area contributed by atoms with Crippen molar-refractivity contribution in [3.8, 4) is 5.75 Å². The van der Waals surface area contributed by atoms with Gasteiger partial charge in [-0.1, -0.05) is 19.1 Å². The maximum Gasteiger partial charge on any atom is 0.253 e. The second-order valence-electron chi connectivity index (χ2n) is 3.85. The van der Waals surface area contributed by atoms with Crippen LogP contribution in [0.15, 0.2) is 28.7 Å². The molecule has 0 bridgehead atoms. The average molecular weight is 248 g/mol. The van der Waals surface area contributed by atoms with Crippen molar-refractivity contribution >= 4 is 0 Å². The Kier molecular flexibility index (Phi) is 4.30. The van der Waals surface area contributed by atoms with Crippen LogP contribution in [0.4, 0.5) is 0 Å².